The fourth-order valence-corrected chi connectivity index (χ4v) is 2.61. The molecule has 0 saturated heterocycles. The van der Waals surface area contributed by atoms with E-state index in [0.717, 1.165) is 6.54 Å². The Labute approximate surface area is 139 Å². The zero-order valence-electron chi connectivity index (χ0n) is 14.4. The number of nitrogens with two attached hydrogens (primary N) is 1. The van der Waals surface area contributed by atoms with Crippen LogP contribution in [-0.4, -0.2) is 41.8 Å². The minimum atomic E-state index is -0.484. The maximum Gasteiger partial charge on any atom is 0.407 e. The van der Waals surface area contributed by atoms with Crippen molar-refractivity contribution in [3.63, 3.8) is 0 Å². The lowest BCUT2D eigenvalue weighted by molar-refractivity contribution is 0.0504. The van der Waals surface area contributed by atoms with Gasteiger partial charge in [0.2, 0.25) is 0 Å². The fourth-order valence-electron chi connectivity index (χ4n) is 2.61. The second-order valence-electron chi connectivity index (χ2n) is 7.16. The van der Waals surface area contributed by atoms with Crippen molar-refractivity contribution in [3.8, 4) is 0 Å². The Morgan fingerprint density at radius 1 is 1.35 bits per heavy atom. The summed E-state index contributed by atoms with van der Waals surface area (Å²) in [5, 5.41) is 2.86. The van der Waals surface area contributed by atoms with Gasteiger partial charge in [0.05, 0.1) is 0 Å². The van der Waals surface area contributed by atoms with Crippen LogP contribution in [0.25, 0.3) is 0 Å². The van der Waals surface area contributed by atoms with Gasteiger partial charge in [0.25, 0.3) is 0 Å². The molecule has 0 bridgehead atoms. The van der Waals surface area contributed by atoms with E-state index in [4.69, 9.17) is 10.5 Å². The third-order valence-corrected chi connectivity index (χ3v) is 3.85. The summed E-state index contributed by atoms with van der Waals surface area (Å²) in [7, 11) is 0. The molecule has 1 aliphatic carbocycles. The number of benzene rings is 1. The van der Waals surface area contributed by atoms with Crippen molar-refractivity contribution < 1.29 is 9.53 Å². The maximum absolute atomic E-state index is 11.9. The summed E-state index contributed by atoms with van der Waals surface area (Å²) in [5.74, 6) is 0. The molecule has 1 aromatic carbocycles. The predicted octanol–water partition coefficient (Wildman–Crippen LogP) is 2.50. The van der Waals surface area contributed by atoms with E-state index in [1.807, 2.05) is 26.8 Å². The van der Waals surface area contributed by atoms with Gasteiger partial charge in [-0.2, -0.15) is 0 Å². The van der Waals surface area contributed by atoms with Crippen LogP contribution < -0.4 is 11.1 Å². The van der Waals surface area contributed by atoms with Gasteiger partial charge < -0.3 is 15.8 Å². The van der Waals surface area contributed by atoms with E-state index in [9.17, 15) is 4.79 Å². The molecule has 1 aromatic rings. The van der Waals surface area contributed by atoms with E-state index in [1.54, 1.807) is 0 Å². The van der Waals surface area contributed by atoms with Crippen molar-refractivity contribution in [1.82, 2.24) is 10.2 Å². The second-order valence-corrected chi connectivity index (χ2v) is 7.16. The molecule has 1 aliphatic rings. The number of alkyl carbamates (subject to hydrolysis) is 1. The van der Waals surface area contributed by atoms with E-state index in [-0.39, 0.29) is 12.1 Å². The lowest BCUT2D eigenvalue weighted by Gasteiger charge is -2.31. The van der Waals surface area contributed by atoms with E-state index >= 15 is 0 Å². The van der Waals surface area contributed by atoms with E-state index in [0.29, 0.717) is 19.1 Å². The number of rotatable bonds is 7. The zero-order chi connectivity index (χ0) is 16.9. The average Bonchev–Trinajstić information content (AvgIpc) is 3.30. The van der Waals surface area contributed by atoms with E-state index in [1.165, 1.54) is 18.4 Å². The van der Waals surface area contributed by atoms with Crippen molar-refractivity contribution >= 4 is 6.09 Å². The number of ether oxygens (including phenoxy) is 1. The first-order valence-corrected chi connectivity index (χ1v) is 8.35. The monoisotopic (exact) mass is 319 g/mol. The molecule has 1 atom stereocenters. The second kappa shape index (κ2) is 7.79. The number of carbonyl (C=O) groups excluding carboxylic acids is 1. The molecule has 0 aromatic heterocycles. The molecule has 0 radical (unpaired) electrons. The highest BCUT2D eigenvalue weighted by molar-refractivity contribution is 5.67. The lowest BCUT2D eigenvalue weighted by Crippen LogP contribution is -2.49. The largest absolute Gasteiger partial charge is 0.444 e. The molecule has 0 heterocycles. The van der Waals surface area contributed by atoms with Crippen LogP contribution >= 0.6 is 0 Å². The highest BCUT2D eigenvalue weighted by atomic mass is 16.6. The summed E-state index contributed by atoms with van der Waals surface area (Å²) in [6.07, 6.45) is 2.03. The maximum atomic E-state index is 11.9. The minimum Gasteiger partial charge on any atom is -0.444 e. The van der Waals surface area contributed by atoms with Crippen LogP contribution in [0.1, 0.15) is 39.2 Å². The molecule has 23 heavy (non-hydrogen) atoms. The van der Waals surface area contributed by atoms with Crippen molar-refractivity contribution in [1.29, 1.82) is 0 Å². The van der Waals surface area contributed by atoms with Crippen molar-refractivity contribution in [3.05, 3.63) is 35.9 Å². The molecule has 1 saturated carbocycles. The molecular weight excluding hydrogens is 290 g/mol. The van der Waals surface area contributed by atoms with Crippen LogP contribution in [0, 0.1) is 0 Å². The normalized spacial score (nSPS) is 16.2. The van der Waals surface area contributed by atoms with Gasteiger partial charge >= 0.3 is 6.09 Å². The summed E-state index contributed by atoms with van der Waals surface area (Å²) >= 11 is 0. The van der Waals surface area contributed by atoms with Gasteiger partial charge in [0.15, 0.2) is 0 Å². The smallest absolute Gasteiger partial charge is 0.407 e. The molecule has 1 unspecified atom stereocenters. The number of amides is 1. The summed E-state index contributed by atoms with van der Waals surface area (Å²) < 4.78 is 5.30. The number of carbonyl (C=O) groups is 1. The van der Waals surface area contributed by atoms with Gasteiger partial charge in [-0.1, -0.05) is 30.3 Å². The van der Waals surface area contributed by atoms with Crippen LogP contribution in [0.4, 0.5) is 4.79 Å². The first-order chi connectivity index (χ1) is 10.9. The minimum absolute atomic E-state index is 0.121. The Hall–Kier alpha value is -1.59. The Balaban J connectivity index is 1.92. The fraction of sp³-hybridized carbons (Fsp3) is 0.611. The molecular formula is C18H29N3O2. The van der Waals surface area contributed by atoms with Crippen molar-refractivity contribution in [2.45, 2.75) is 57.8 Å². The molecule has 5 nitrogen and oxygen atoms in total. The van der Waals surface area contributed by atoms with Crippen LogP contribution in [-0.2, 0) is 11.3 Å². The summed E-state index contributed by atoms with van der Waals surface area (Å²) in [6.45, 7) is 7.47. The molecule has 0 spiro atoms. The molecule has 1 amide bonds. The van der Waals surface area contributed by atoms with Gasteiger partial charge in [-0.25, -0.2) is 4.79 Å². The zero-order valence-corrected chi connectivity index (χ0v) is 14.4. The van der Waals surface area contributed by atoms with Gasteiger partial charge in [-0.15, -0.1) is 0 Å². The van der Waals surface area contributed by atoms with E-state index < -0.39 is 5.60 Å². The first-order valence-electron chi connectivity index (χ1n) is 8.35. The lowest BCUT2D eigenvalue weighted by atomic mass is 10.1. The first kappa shape index (κ1) is 17.8. The highest BCUT2D eigenvalue weighted by Gasteiger charge is 2.33. The van der Waals surface area contributed by atoms with Gasteiger partial charge in [-0.05, 0) is 39.2 Å². The number of hydrogen-bond acceptors (Lipinski definition) is 4. The van der Waals surface area contributed by atoms with Crippen LogP contribution in [0.5, 0.6) is 0 Å². The topological polar surface area (TPSA) is 67.6 Å². The SMILES string of the molecule is CC(C)(C)OC(=O)NCC(CN)N(Cc1ccccc1)C1CC1. The van der Waals surface area contributed by atoms with Gasteiger partial charge in [-0.3, -0.25) is 4.90 Å². The van der Waals surface area contributed by atoms with Gasteiger partial charge in [0.1, 0.15) is 5.60 Å². The number of nitrogens with zero attached hydrogens (tertiary/aromatic N) is 1. The standard InChI is InChI=1S/C18H29N3O2/c1-18(2,3)23-17(22)20-12-16(11-19)21(15-9-10-15)13-14-7-5-4-6-8-14/h4-8,15-16H,9-13,19H2,1-3H3,(H,20,22). The molecule has 2 rings (SSSR count). The Morgan fingerprint density at radius 3 is 2.52 bits per heavy atom. The third kappa shape index (κ3) is 6.20. The molecule has 128 valence electrons. The third-order valence-electron chi connectivity index (χ3n) is 3.85. The highest BCUT2D eigenvalue weighted by Crippen LogP contribution is 2.30. The summed E-state index contributed by atoms with van der Waals surface area (Å²) in [6, 6.07) is 11.1. The molecule has 0 aliphatic heterocycles. The Bertz CT molecular complexity index is 495. The summed E-state index contributed by atoms with van der Waals surface area (Å²) in [5.41, 5.74) is 6.76. The molecule has 1 fully saturated rings. The number of nitrogens with one attached hydrogen (secondary N) is 1. The Kier molecular flexibility index (Phi) is 6.02. The predicted molar refractivity (Wildman–Crippen MR) is 92.1 cm³/mol. The van der Waals surface area contributed by atoms with Crippen molar-refractivity contribution in [2.24, 2.45) is 5.73 Å². The molecule has 5 heteroatoms. The van der Waals surface area contributed by atoms with Crippen LogP contribution in [0.15, 0.2) is 30.3 Å². The van der Waals surface area contributed by atoms with Crippen LogP contribution in [0.3, 0.4) is 0 Å². The van der Waals surface area contributed by atoms with Crippen molar-refractivity contribution in [2.75, 3.05) is 13.1 Å². The number of hydrogen-bond donors (Lipinski definition) is 2. The average molecular weight is 319 g/mol. The van der Waals surface area contributed by atoms with E-state index in [2.05, 4.69) is 34.5 Å². The molecule has 3 N–H and O–H groups in total. The Morgan fingerprint density at radius 2 is 2.00 bits per heavy atom. The van der Waals surface area contributed by atoms with Gasteiger partial charge in [0, 0.05) is 31.7 Å². The summed E-state index contributed by atoms with van der Waals surface area (Å²) in [4.78, 5) is 14.3. The quantitative estimate of drug-likeness (QED) is 0.810. The van der Waals surface area contributed by atoms with Crippen LogP contribution in [0.2, 0.25) is 0 Å².